The summed E-state index contributed by atoms with van der Waals surface area (Å²) in [5.74, 6) is 0. The third-order valence-corrected chi connectivity index (χ3v) is 11.9. The van der Waals surface area contributed by atoms with Crippen LogP contribution in [-0.4, -0.2) is 9.13 Å². The molecule has 56 heavy (non-hydrogen) atoms. The molecule has 2 aromatic heterocycles. The van der Waals surface area contributed by atoms with E-state index in [4.69, 9.17) is 0 Å². The first-order valence-corrected chi connectivity index (χ1v) is 19.4. The third-order valence-electron chi connectivity index (χ3n) is 11.9. The van der Waals surface area contributed by atoms with Gasteiger partial charge in [-0.25, -0.2) is 0 Å². The van der Waals surface area contributed by atoms with Crippen molar-refractivity contribution in [3.63, 3.8) is 0 Å². The van der Waals surface area contributed by atoms with E-state index in [2.05, 4.69) is 215 Å². The Bertz CT molecular complexity index is 3500. The van der Waals surface area contributed by atoms with E-state index in [1.807, 2.05) is 0 Å². The van der Waals surface area contributed by atoms with Gasteiger partial charge in [0, 0.05) is 32.9 Å². The Labute approximate surface area is 323 Å². The van der Waals surface area contributed by atoms with Crippen molar-refractivity contribution in [1.82, 2.24) is 9.13 Å². The van der Waals surface area contributed by atoms with Gasteiger partial charge < -0.3 is 9.13 Å². The van der Waals surface area contributed by atoms with E-state index in [1.165, 1.54) is 98.2 Å². The molecule has 0 fully saturated rings. The topological polar surface area (TPSA) is 9.86 Å². The summed E-state index contributed by atoms with van der Waals surface area (Å²) in [5, 5.41) is 12.6. The maximum absolute atomic E-state index is 2.46. The Hall–Kier alpha value is -7.42. The van der Waals surface area contributed by atoms with Crippen molar-refractivity contribution in [2.45, 2.75) is 0 Å². The fourth-order valence-electron chi connectivity index (χ4n) is 9.51. The molecular formula is C54H34N2. The highest BCUT2D eigenvalue weighted by Gasteiger charge is 2.22. The van der Waals surface area contributed by atoms with E-state index in [9.17, 15) is 0 Å². The number of fused-ring (bicyclic) bond motifs is 10. The first kappa shape index (κ1) is 31.0. The van der Waals surface area contributed by atoms with Gasteiger partial charge >= 0.3 is 0 Å². The van der Waals surface area contributed by atoms with Crippen molar-refractivity contribution in [2.75, 3.05) is 0 Å². The lowest BCUT2D eigenvalue weighted by molar-refractivity contribution is 1.16. The second kappa shape index (κ2) is 12.0. The Kier molecular flexibility index (Phi) is 6.66. The Morgan fingerprint density at radius 2 is 0.768 bits per heavy atom. The van der Waals surface area contributed by atoms with Crippen LogP contribution in [0.5, 0.6) is 0 Å². The zero-order valence-corrected chi connectivity index (χ0v) is 30.5. The van der Waals surface area contributed by atoms with E-state index in [-0.39, 0.29) is 0 Å². The molecular weight excluding hydrogens is 677 g/mol. The molecule has 260 valence electrons. The number of hydrogen-bond acceptors (Lipinski definition) is 0. The Morgan fingerprint density at radius 3 is 1.46 bits per heavy atom. The lowest BCUT2D eigenvalue weighted by Crippen LogP contribution is -1.95. The van der Waals surface area contributed by atoms with Gasteiger partial charge in [-0.1, -0.05) is 152 Å². The van der Waals surface area contributed by atoms with Crippen molar-refractivity contribution in [3.05, 3.63) is 206 Å². The molecule has 0 bridgehead atoms. The number of para-hydroxylation sites is 3. The number of benzene rings is 10. The zero-order chi connectivity index (χ0) is 36.7. The minimum absolute atomic E-state index is 1.15. The molecule has 12 aromatic rings. The van der Waals surface area contributed by atoms with Gasteiger partial charge in [0.2, 0.25) is 0 Å². The molecule has 2 nitrogen and oxygen atoms in total. The van der Waals surface area contributed by atoms with Crippen molar-refractivity contribution < 1.29 is 0 Å². The van der Waals surface area contributed by atoms with Crippen molar-refractivity contribution >= 4 is 75.9 Å². The van der Waals surface area contributed by atoms with Crippen LogP contribution in [0.2, 0.25) is 0 Å². The lowest BCUT2D eigenvalue weighted by Gasteiger charge is -2.19. The maximum Gasteiger partial charge on any atom is 0.0562 e. The predicted octanol–water partition coefficient (Wildman–Crippen LogP) is 14.7. The maximum atomic E-state index is 2.46. The summed E-state index contributed by atoms with van der Waals surface area (Å²) < 4.78 is 4.86. The quantitative estimate of drug-likeness (QED) is 0.127. The summed E-state index contributed by atoms with van der Waals surface area (Å²) in [6.45, 7) is 0. The van der Waals surface area contributed by atoms with Gasteiger partial charge in [-0.3, -0.25) is 0 Å². The van der Waals surface area contributed by atoms with Gasteiger partial charge in [0.1, 0.15) is 0 Å². The molecule has 0 N–H and O–H groups in total. The molecule has 0 radical (unpaired) electrons. The molecule has 2 heterocycles. The summed E-state index contributed by atoms with van der Waals surface area (Å²) in [5.41, 5.74) is 12.1. The van der Waals surface area contributed by atoms with Crippen LogP contribution in [0.3, 0.4) is 0 Å². The molecule has 0 saturated heterocycles. The molecule has 0 unspecified atom stereocenters. The molecule has 2 heteroatoms. The smallest absolute Gasteiger partial charge is 0.0562 e. The normalized spacial score (nSPS) is 11.9. The zero-order valence-electron chi connectivity index (χ0n) is 30.5. The number of aromatic nitrogens is 2. The van der Waals surface area contributed by atoms with E-state index in [0.29, 0.717) is 0 Å². The number of hydrogen-bond donors (Lipinski definition) is 0. The highest BCUT2D eigenvalue weighted by Crippen LogP contribution is 2.48. The predicted molar refractivity (Wildman–Crippen MR) is 239 cm³/mol. The van der Waals surface area contributed by atoms with E-state index < -0.39 is 0 Å². The number of nitrogens with zero attached hydrogens (tertiary/aromatic N) is 2. The van der Waals surface area contributed by atoms with Gasteiger partial charge in [0.25, 0.3) is 0 Å². The van der Waals surface area contributed by atoms with Crippen LogP contribution < -0.4 is 0 Å². The lowest BCUT2D eigenvalue weighted by atomic mass is 9.84. The van der Waals surface area contributed by atoms with Crippen LogP contribution in [0.4, 0.5) is 0 Å². The fourth-order valence-corrected chi connectivity index (χ4v) is 9.51. The second-order valence-electron chi connectivity index (χ2n) is 14.8. The molecule has 0 spiro atoms. The van der Waals surface area contributed by atoms with Crippen LogP contribution in [0.25, 0.3) is 110 Å². The van der Waals surface area contributed by atoms with Crippen molar-refractivity contribution in [1.29, 1.82) is 0 Å². The van der Waals surface area contributed by atoms with E-state index in [0.717, 1.165) is 11.4 Å². The van der Waals surface area contributed by atoms with Gasteiger partial charge in [0.05, 0.1) is 22.1 Å². The van der Waals surface area contributed by atoms with Crippen LogP contribution in [0.15, 0.2) is 206 Å². The third kappa shape index (κ3) is 4.44. The van der Waals surface area contributed by atoms with Crippen LogP contribution in [0, 0.1) is 0 Å². The molecule has 0 saturated carbocycles. The van der Waals surface area contributed by atoms with E-state index in [1.54, 1.807) is 0 Å². The summed E-state index contributed by atoms with van der Waals surface area (Å²) in [6, 6.07) is 75.8. The van der Waals surface area contributed by atoms with Crippen LogP contribution >= 0.6 is 0 Å². The molecule has 10 aromatic carbocycles. The van der Waals surface area contributed by atoms with Crippen molar-refractivity contribution in [2.24, 2.45) is 0 Å². The number of rotatable bonds is 4. The minimum Gasteiger partial charge on any atom is -0.309 e. The Balaban J connectivity index is 1.22. The minimum atomic E-state index is 1.15. The van der Waals surface area contributed by atoms with Crippen LogP contribution in [0.1, 0.15) is 0 Å². The summed E-state index contributed by atoms with van der Waals surface area (Å²) >= 11 is 0. The highest BCUT2D eigenvalue weighted by atomic mass is 15.0. The molecule has 0 aliphatic rings. The fraction of sp³-hybridized carbons (Fsp3) is 0. The van der Waals surface area contributed by atoms with Gasteiger partial charge in [-0.2, -0.15) is 0 Å². The average molecular weight is 711 g/mol. The SMILES string of the molecule is c1ccc(-c2c3ccccc3c(-c3ccc4c(c3)c3cc5c6ccccc6n(-c6ccccc6)c5cc3n4-c3ccccc3)c3ccc4ccccc4c23)cc1. The van der Waals surface area contributed by atoms with Gasteiger partial charge in [-0.05, 0) is 109 Å². The molecule has 0 atom stereocenters. The van der Waals surface area contributed by atoms with Gasteiger partial charge in [0.15, 0.2) is 0 Å². The average Bonchev–Trinajstić information content (AvgIpc) is 3.77. The van der Waals surface area contributed by atoms with Gasteiger partial charge in [-0.15, -0.1) is 0 Å². The van der Waals surface area contributed by atoms with Crippen LogP contribution in [-0.2, 0) is 0 Å². The largest absolute Gasteiger partial charge is 0.309 e. The molecule has 0 aliphatic carbocycles. The summed E-state index contributed by atoms with van der Waals surface area (Å²) in [7, 11) is 0. The monoisotopic (exact) mass is 710 g/mol. The first-order valence-electron chi connectivity index (χ1n) is 19.4. The summed E-state index contributed by atoms with van der Waals surface area (Å²) in [6.07, 6.45) is 0. The van der Waals surface area contributed by atoms with Crippen molar-refractivity contribution in [3.8, 4) is 33.6 Å². The molecule has 0 amide bonds. The van der Waals surface area contributed by atoms with E-state index >= 15 is 0 Å². The molecule has 12 rings (SSSR count). The Morgan fingerprint density at radius 1 is 0.250 bits per heavy atom. The highest BCUT2D eigenvalue weighted by molar-refractivity contribution is 6.28. The molecule has 0 aliphatic heterocycles. The second-order valence-corrected chi connectivity index (χ2v) is 14.8. The summed E-state index contributed by atoms with van der Waals surface area (Å²) in [4.78, 5) is 0. The first-order chi connectivity index (χ1) is 27.8. The standard InChI is InChI=1S/C54H34N2/c1-4-17-36(18-5-1)53-43-26-13-12-25-42(43)52(44-30-28-35-16-10-11-23-40(35)54(44)53)37-29-31-49-45(32-37)47-33-46-41-24-14-15-27-48(41)55(38-19-6-2-7-20-38)50(46)34-51(47)56(49)39-21-8-3-9-22-39/h1-34H.